The highest BCUT2D eigenvalue weighted by atomic mass is 32.2. The Morgan fingerprint density at radius 1 is 1.05 bits per heavy atom. The zero-order chi connectivity index (χ0) is 28.9. The van der Waals surface area contributed by atoms with Gasteiger partial charge in [0.25, 0.3) is 15.9 Å². The smallest absolute Gasteiger partial charge is 0.283 e. The fourth-order valence-electron chi connectivity index (χ4n) is 8.43. The first kappa shape index (κ1) is 26.2. The fourth-order valence-corrected chi connectivity index (χ4v) is 9.34. The Morgan fingerprint density at radius 2 is 1.83 bits per heavy atom. The van der Waals surface area contributed by atoms with Gasteiger partial charge < -0.3 is 9.64 Å². The minimum Gasteiger partial charge on any atom is -0.477 e. The molecule has 0 radical (unpaired) electrons. The highest BCUT2D eigenvalue weighted by Gasteiger charge is 2.85. The number of aryl methyl sites for hydroxylation is 1. The molecule has 4 bridgehead atoms. The van der Waals surface area contributed by atoms with Crippen molar-refractivity contribution in [3.8, 4) is 11.7 Å². The van der Waals surface area contributed by atoms with Gasteiger partial charge in [0, 0.05) is 37.1 Å². The lowest BCUT2D eigenvalue weighted by Crippen LogP contribution is -2.41. The molecular formula is C30H37N7O4S. The summed E-state index contributed by atoms with van der Waals surface area (Å²) >= 11 is 0. The number of nitrogens with zero attached hydrogens (tertiary/aromatic N) is 6. The SMILES string of the molecule is CC1(C)C[C@@H]2CCCn3ccc(n3)S(=O)(=O)NC(=O)c3ccc(-n4ccc(OCCC5C6(CC6)C56CC6)n4)nc3N1C2. The van der Waals surface area contributed by atoms with Gasteiger partial charge in [0.1, 0.15) is 5.82 Å². The van der Waals surface area contributed by atoms with Gasteiger partial charge in [0.2, 0.25) is 5.88 Å². The molecule has 3 aromatic rings. The molecule has 222 valence electrons. The van der Waals surface area contributed by atoms with Gasteiger partial charge in [0.05, 0.1) is 12.2 Å². The van der Waals surface area contributed by atoms with Crippen molar-refractivity contribution in [2.24, 2.45) is 22.7 Å². The van der Waals surface area contributed by atoms with Gasteiger partial charge in [-0.1, -0.05) is 0 Å². The number of hydrogen-bond donors (Lipinski definition) is 1. The van der Waals surface area contributed by atoms with E-state index in [1.807, 2.05) is 12.3 Å². The molecule has 3 saturated carbocycles. The van der Waals surface area contributed by atoms with Crippen LogP contribution in [0.5, 0.6) is 5.88 Å². The van der Waals surface area contributed by atoms with E-state index in [1.165, 1.54) is 31.7 Å². The van der Waals surface area contributed by atoms with E-state index in [4.69, 9.17) is 9.72 Å². The van der Waals surface area contributed by atoms with Crippen LogP contribution in [-0.4, -0.2) is 57.6 Å². The summed E-state index contributed by atoms with van der Waals surface area (Å²) in [7, 11) is -4.15. The normalized spacial score (nSPS) is 26.0. The Hall–Kier alpha value is -3.41. The van der Waals surface area contributed by atoms with E-state index in [0.717, 1.165) is 38.1 Å². The van der Waals surface area contributed by atoms with Gasteiger partial charge in [-0.3, -0.25) is 9.48 Å². The molecule has 1 atom stereocenters. The molecule has 5 aliphatic rings. The average molecular weight is 592 g/mol. The van der Waals surface area contributed by atoms with Gasteiger partial charge in [-0.25, -0.2) is 14.4 Å². The second-order valence-corrected chi connectivity index (χ2v) is 15.3. The maximum Gasteiger partial charge on any atom is 0.283 e. The zero-order valence-corrected chi connectivity index (χ0v) is 24.9. The van der Waals surface area contributed by atoms with Crippen LogP contribution in [0, 0.1) is 22.7 Å². The lowest BCUT2D eigenvalue weighted by Gasteiger charge is -2.34. The van der Waals surface area contributed by atoms with Crippen LogP contribution in [0.15, 0.2) is 41.7 Å². The summed E-state index contributed by atoms with van der Waals surface area (Å²) in [5.41, 5.74) is 1.26. The van der Waals surface area contributed by atoms with E-state index in [9.17, 15) is 13.2 Å². The van der Waals surface area contributed by atoms with Crippen LogP contribution in [0.1, 0.15) is 75.6 Å². The minimum atomic E-state index is -4.15. The largest absolute Gasteiger partial charge is 0.477 e. The number of anilines is 1. The number of amides is 1. The van der Waals surface area contributed by atoms with Crippen molar-refractivity contribution in [3.05, 3.63) is 42.2 Å². The Balaban J connectivity index is 1.07. The molecule has 1 N–H and O–H groups in total. The molecular weight excluding hydrogens is 554 g/mol. The first-order valence-corrected chi connectivity index (χ1v) is 16.7. The minimum absolute atomic E-state index is 0.173. The molecule has 2 aliphatic heterocycles. The molecule has 11 nitrogen and oxygen atoms in total. The fraction of sp³-hybridized carbons (Fsp3) is 0.600. The first-order chi connectivity index (χ1) is 20.1. The third-order valence-electron chi connectivity index (χ3n) is 10.7. The van der Waals surface area contributed by atoms with E-state index < -0.39 is 15.9 Å². The van der Waals surface area contributed by atoms with Crippen molar-refractivity contribution >= 4 is 21.7 Å². The van der Waals surface area contributed by atoms with E-state index in [0.29, 0.717) is 47.4 Å². The molecule has 2 spiro atoms. The molecule has 3 aromatic heterocycles. The molecule has 8 rings (SSSR count). The average Bonchev–Trinajstić information content (AvgIpc) is 3.85. The summed E-state index contributed by atoms with van der Waals surface area (Å²) in [6.07, 6.45) is 12.9. The Bertz CT molecular complexity index is 1670. The standard InChI is InChI=1S/C30H37N7O4S/c1-28(2)18-20-4-3-14-35-15-8-25(33-35)42(39,40)34-27(38)21-5-6-23(31-26(21)36(28)19-20)37-16-7-24(32-37)41-17-9-22-29(10-11-29)30(22)12-13-30/h5-8,15-16,20,22H,3-4,9-14,17-19H2,1-2H3,(H,34,38)/t20-/m0/s1. The van der Waals surface area contributed by atoms with Crippen LogP contribution in [0.4, 0.5) is 5.82 Å². The number of ether oxygens (including phenoxy) is 1. The number of sulfonamides is 1. The number of carbonyl (C=O) groups is 1. The Kier molecular flexibility index (Phi) is 5.50. The lowest BCUT2D eigenvalue weighted by atomic mass is 9.93. The highest BCUT2D eigenvalue weighted by Crippen LogP contribution is 2.93. The molecule has 12 heteroatoms. The van der Waals surface area contributed by atoms with Gasteiger partial charge >= 0.3 is 0 Å². The molecule has 42 heavy (non-hydrogen) atoms. The van der Waals surface area contributed by atoms with Crippen molar-refractivity contribution < 1.29 is 17.9 Å². The summed E-state index contributed by atoms with van der Waals surface area (Å²) in [4.78, 5) is 20.6. The van der Waals surface area contributed by atoms with Gasteiger partial charge in [-0.2, -0.15) is 13.5 Å². The van der Waals surface area contributed by atoms with E-state index in [-0.39, 0.29) is 16.1 Å². The number of fused-ring (bicyclic) bond motifs is 7. The van der Waals surface area contributed by atoms with Crippen LogP contribution in [0.2, 0.25) is 0 Å². The number of nitrogens with one attached hydrogen (secondary N) is 1. The summed E-state index contributed by atoms with van der Waals surface area (Å²) < 4.78 is 37.6. The van der Waals surface area contributed by atoms with Gasteiger partial charge in [-0.15, -0.1) is 5.10 Å². The van der Waals surface area contributed by atoms with E-state index in [1.54, 1.807) is 27.7 Å². The maximum atomic E-state index is 13.5. The zero-order valence-electron chi connectivity index (χ0n) is 24.1. The molecule has 1 amide bonds. The van der Waals surface area contributed by atoms with E-state index >= 15 is 0 Å². The third kappa shape index (κ3) is 4.08. The van der Waals surface area contributed by atoms with Crippen LogP contribution < -0.4 is 14.4 Å². The number of rotatable bonds is 5. The summed E-state index contributed by atoms with van der Waals surface area (Å²) in [6.45, 7) is 6.30. The predicted molar refractivity (Wildman–Crippen MR) is 154 cm³/mol. The highest BCUT2D eigenvalue weighted by molar-refractivity contribution is 7.90. The summed E-state index contributed by atoms with van der Waals surface area (Å²) in [5.74, 6) is 2.04. The number of hydrogen-bond acceptors (Lipinski definition) is 8. The van der Waals surface area contributed by atoms with Crippen molar-refractivity contribution in [2.45, 2.75) is 82.3 Å². The Morgan fingerprint density at radius 3 is 2.60 bits per heavy atom. The first-order valence-electron chi connectivity index (χ1n) is 15.2. The van der Waals surface area contributed by atoms with Crippen molar-refractivity contribution in [1.29, 1.82) is 0 Å². The van der Waals surface area contributed by atoms with Crippen LogP contribution in [0.3, 0.4) is 0 Å². The predicted octanol–water partition coefficient (Wildman–Crippen LogP) is 3.94. The molecule has 0 aromatic carbocycles. The summed E-state index contributed by atoms with van der Waals surface area (Å²) in [6, 6.07) is 6.59. The molecule has 4 fully saturated rings. The number of aromatic nitrogens is 5. The van der Waals surface area contributed by atoms with Gasteiger partial charge in [0.15, 0.2) is 10.8 Å². The van der Waals surface area contributed by atoms with E-state index in [2.05, 4.69) is 33.7 Å². The number of pyridine rings is 1. The molecule has 3 aliphatic carbocycles. The third-order valence-corrected chi connectivity index (χ3v) is 11.9. The maximum absolute atomic E-state index is 13.5. The summed E-state index contributed by atoms with van der Waals surface area (Å²) in [5, 5.41) is 8.66. The van der Waals surface area contributed by atoms with Crippen LogP contribution in [0.25, 0.3) is 5.82 Å². The van der Waals surface area contributed by atoms with Gasteiger partial charge in [-0.05, 0) is 106 Å². The second kappa shape index (κ2) is 8.81. The monoisotopic (exact) mass is 591 g/mol. The van der Waals surface area contributed by atoms with Crippen molar-refractivity contribution in [1.82, 2.24) is 29.3 Å². The van der Waals surface area contributed by atoms with Crippen LogP contribution >= 0.6 is 0 Å². The molecule has 1 saturated heterocycles. The second-order valence-electron chi connectivity index (χ2n) is 13.6. The quantitative estimate of drug-likeness (QED) is 0.473. The van der Waals surface area contributed by atoms with Crippen molar-refractivity contribution in [3.63, 3.8) is 0 Å². The number of carbonyl (C=O) groups excluding carboxylic acids is 1. The molecule has 0 unspecified atom stereocenters. The lowest BCUT2D eigenvalue weighted by molar-refractivity contribution is 0.0981. The Labute approximate surface area is 245 Å². The topological polar surface area (TPSA) is 124 Å². The van der Waals surface area contributed by atoms with Crippen LogP contribution in [-0.2, 0) is 16.6 Å². The molecule has 5 heterocycles. The van der Waals surface area contributed by atoms with Crippen molar-refractivity contribution in [2.75, 3.05) is 18.1 Å².